The molecule has 0 saturated heterocycles. The molecule has 1 rings (SSSR count). The fraction of sp³-hybridized carbons (Fsp3) is 0.545. The summed E-state index contributed by atoms with van der Waals surface area (Å²) in [4.78, 5) is 11.8. The molecule has 3 N–H and O–H groups in total. The average molecular weight is 227 g/mol. The summed E-state index contributed by atoms with van der Waals surface area (Å²) in [6.07, 6.45) is 5.73. The number of hydrogen-bond acceptors (Lipinski definition) is 3. The molecule has 0 atom stereocenters. The Morgan fingerprint density at radius 3 is 2.73 bits per heavy atom. The standard InChI is InChI=1S/C11H17NO2S/c1-2-3-4-5-6-8-7-9(11(13)14)10(12)15-8/h7H,2-6,12H2,1H3,(H,13,14). The van der Waals surface area contributed by atoms with Crippen LogP contribution < -0.4 is 5.73 Å². The number of nitrogen functional groups attached to an aromatic ring is 1. The van der Waals surface area contributed by atoms with Crippen molar-refractivity contribution in [2.24, 2.45) is 0 Å². The minimum Gasteiger partial charge on any atom is -0.478 e. The Balaban J connectivity index is 2.48. The molecule has 0 unspecified atom stereocenters. The van der Waals surface area contributed by atoms with Crippen LogP contribution in [0.15, 0.2) is 6.07 Å². The van der Waals surface area contributed by atoms with Crippen LogP contribution in [0.5, 0.6) is 0 Å². The van der Waals surface area contributed by atoms with E-state index < -0.39 is 5.97 Å². The van der Waals surface area contributed by atoms with E-state index in [1.54, 1.807) is 6.07 Å². The monoisotopic (exact) mass is 227 g/mol. The van der Waals surface area contributed by atoms with Crippen molar-refractivity contribution in [3.05, 3.63) is 16.5 Å². The van der Waals surface area contributed by atoms with Gasteiger partial charge in [0.1, 0.15) is 5.00 Å². The highest BCUT2D eigenvalue weighted by Gasteiger charge is 2.11. The lowest BCUT2D eigenvalue weighted by Gasteiger charge is -1.96. The van der Waals surface area contributed by atoms with E-state index in [4.69, 9.17) is 10.8 Å². The molecule has 0 aliphatic carbocycles. The summed E-state index contributed by atoms with van der Waals surface area (Å²) in [6, 6.07) is 1.70. The van der Waals surface area contributed by atoms with E-state index >= 15 is 0 Å². The molecule has 84 valence electrons. The Hall–Kier alpha value is -1.03. The van der Waals surface area contributed by atoms with E-state index in [-0.39, 0.29) is 5.56 Å². The van der Waals surface area contributed by atoms with Gasteiger partial charge in [-0.05, 0) is 18.9 Å². The van der Waals surface area contributed by atoms with E-state index in [0.717, 1.165) is 17.7 Å². The first-order valence-electron chi connectivity index (χ1n) is 5.26. The summed E-state index contributed by atoms with van der Waals surface area (Å²) in [6.45, 7) is 2.17. The van der Waals surface area contributed by atoms with Crippen LogP contribution in [0.25, 0.3) is 0 Å². The first-order chi connectivity index (χ1) is 7.15. The molecule has 4 heteroatoms. The Morgan fingerprint density at radius 2 is 2.20 bits per heavy atom. The minimum absolute atomic E-state index is 0.255. The molecule has 0 aliphatic heterocycles. The van der Waals surface area contributed by atoms with Gasteiger partial charge in [-0.1, -0.05) is 26.2 Å². The second kappa shape index (κ2) is 5.75. The Kier molecular flexibility index (Phi) is 4.62. The van der Waals surface area contributed by atoms with Crippen LogP contribution in [0.1, 0.15) is 47.8 Å². The zero-order chi connectivity index (χ0) is 11.3. The van der Waals surface area contributed by atoms with Gasteiger partial charge >= 0.3 is 5.97 Å². The van der Waals surface area contributed by atoms with E-state index in [1.807, 2.05) is 0 Å². The summed E-state index contributed by atoms with van der Waals surface area (Å²) < 4.78 is 0. The summed E-state index contributed by atoms with van der Waals surface area (Å²) in [7, 11) is 0. The van der Waals surface area contributed by atoms with E-state index in [1.165, 1.54) is 30.6 Å². The third-order valence-corrected chi connectivity index (χ3v) is 3.34. The maximum absolute atomic E-state index is 10.7. The Bertz CT molecular complexity index is 333. The molecule has 0 amide bonds. The Labute approximate surface area is 93.9 Å². The van der Waals surface area contributed by atoms with Gasteiger partial charge < -0.3 is 10.8 Å². The van der Waals surface area contributed by atoms with Crippen LogP contribution >= 0.6 is 11.3 Å². The molecule has 0 saturated carbocycles. The molecule has 1 aromatic rings. The number of rotatable bonds is 6. The molecule has 1 heterocycles. The lowest BCUT2D eigenvalue weighted by atomic mass is 10.1. The highest BCUT2D eigenvalue weighted by atomic mass is 32.1. The van der Waals surface area contributed by atoms with Crippen molar-refractivity contribution in [1.29, 1.82) is 0 Å². The Morgan fingerprint density at radius 1 is 1.47 bits per heavy atom. The number of carbonyl (C=O) groups is 1. The molecule has 0 bridgehead atoms. The maximum atomic E-state index is 10.7. The first kappa shape index (κ1) is 12.0. The second-order valence-corrected chi connectivity index (χ2v) is 4.77. The normalized spacial score (nSPS) is 10.5. The van der Waals surface area contributed by atoms with Gasteiger partial charge in [0.2, 0.25) is 0 Å². The van der Waals surface area contributed by atoms with E-state index in [2.05, 4.69) is 6.92 Å². The van der Waals surface area contributed by atoms with Crippen molar-refractivity contribution >= 4 is 22.3 Å². The molecular weight excluding hydrogens is 210 g/mol. The lowest BCUT2D eigenvalue weighted by molar-refractivity contribution is 0.0698. The molecule has 15 heavy (non-hydrogen) atoms. The molecule has 0 aliphatic rings. The van der Waals surface area contributed by atoms with E-state index in [0.29, 0.717) is 5.00 Å². The number of aryl methyl sites for hydroxylation is 1. The number of nitrogens with two attached hydrogens (primary N) is 1. The van der Waals surface area contributed by atoms with Crippen LogP contribution in [0.4, 0.5) is 5.00 Å². The highest BCUT2D eigenvalue weighted by molar-refractivity contribution is 7.16. The molecular formula is C11H17NO2S. The third-order valence-electron chi connectivity index (χ3n) is 2.32. The zero-order valence-corrected chi connectivity index (χ0v) is 9.77. The van der Waals surface area contributed by atoms with Gasteiger partial charge in [-0.3, -0.25) is 0 Å². The number of thiophene rings is 1. The number of unbranched alkanes of at least 4 members (excludes halogenated alkanes) is 3. The predicted molar refractivity (Wildman–Crippen MR) is 63.5 cm³/mol. The van der Waals surface area contributed by atoms with Crippen LogP contribution in [0.3, 0.4) is 0 Å². The first-order valence-corrected chi connectivity index (χ1v) is 6.08. The summed E-state index contributed by atoms with van der Waals surface area (Å²) in [5, 5.41) is 9.24. The van der Waals surface area contributed by atoms with Crippen molar-refractivity contribution in [3.63, 3.8) is 0 Å². The fourth-order valence-electron chi connectivity index (χ4n) is 1.47. The quantitative estimate of drug-likeness (QED) is 0.734. The number of aromatic carboxylic acids is 1. The van der Waals surface area contributed by atoms with Crippen LogP contribution in [-0.4, -0.2) is 11.1 Å². The van der Waals surface area contributed by atoms with Crippen LogP contribution in [0, 0.1) is 0 Å². The summed E-state index contributed by atoms with van der Waals surface area (Å²) in [5.74, 6) is -0.927. The fourth-order valence-corrected chi connectivity index (χ4v) is 2.44. The van der Waals surface area contributed by atoms with Crippen molar-refractivity contribution in [1.82, 2.24) is 0 Å². The summed E-state index contributed by atoms with van der Waals surface area (Å²) in [5.41, 5.74) is 5.87. The number of hydrogen-bond donors (Lipinski definition) is 2. The van der Waals surface area contributed by atoms with Crippen LogP contribution in [-0.2, 0) is 6.42 Å². The average Bonchev–Trinajstić information content (AvgIpc) is 2.55. The van der Waals surface area contributed by atoms with Crippen LogP contribution in [0.2, 0.25) is 0 Å². The van der Waals surface area contributed by atoms with Crippen molar-refractivity contribution in [2.75, 3.05) is 5.73 Å². The SMILES string of the molecule is CCCCCCc1cc(C(=O)O)c(N)s1. The number of carboxylic acid groups (broad SMARTS) is 1. The number of anilines is 1. The van der Waals surface area contributed by atoms with Gasteiger partial charge in [0.05, 0.1) is 5.56 Å². The topological polar surface area (TPSA) is 63.3 Å². The molecule has 0 aromatic carbocycles. The van der Waals surface area contributed by atoms with Gasteiger partial charge in [-0.15, -0.1) is 11.3 Å². The van der Waals surface area contributed by atoms with Gasteiger partial charge in [0.25, 0.3) is 0 Å². The molecule has 1 aromatic heterocycles. The highest BCUT2D eigenvalue weighted by Crippen LogP contribution is 2.26. The van der Waals surface area contributed by atoms with Gasteiger partial charge in [0.15, 0.2) is 0 Å². The lowest BCUT2D eigenvalue weighted by Crippen LogP contribution is -1.97. The minimum atomic E-state index is -0.927. The third kappa shape index (κ3) is 3.55. The van der Waals surface area contributed by atoms with Gasteiger partial charge in [-0.25, -0.2) is 4.79 Å². The van der Waals surface area contributed by atoms with Gasteiger partial charge in [0, 0.05) is 4.88 Å². The van der Waals surface area contributed by atoms with Gasteiger partial charge in [-0.2, -0.15) is 0 Å². The predicted octanol–water partition coefficient (Wildman–Crippen LogP) is 3.15. The maximum Gasteiger partial charge on any atom is 0.338 e. The van der Waals surface area contributed by atoms with E-state index in [9.17, 15) is 4.79 Å². The molecule has 3 nitrogen and oxygen atoms in total. The number of carboxylic acids is 1. The zero-order valence-electron chi connectivity index (χ0n) is 8.95. The second-order valence-electron chi connectivity index (χ2n) is 3.61. The molecule has 0 spiro atoms. The largest absolute Gasteiger partial charge is 0.478 e. The molecule has 0 radical (unpaired) electrons. The summed E-state index contributed by atoms with van der Waals surface area (Å²) >= 11 is 1.40. The van der Waals surface area contributed by atoms with Crippen molar-refractivity contribution in [2.45, 2.75) is 39.0 Å². The van der Waals surface area contributed by atoms with Crippen molar-refractivity contribution in [3.8, 4) is 0 Å². The molecule has 0 fully saturated rings. The van der Waals surface area contributed by atoms with Crippen molar-refractivity contribution < 1.29 is 9.90 Å². The smallest absolute Gasteiger partial charge is 0.338 e.